The predicted octanol–water partition coefficient (Wildman–Crippen LogP) is 4.07. The van der Waals surface area contributed by atoms with Gasteiger partial charge in [-0.05, 0) is 23.8 Å². The zero-order valence-electron chi connectivity index (χ0n) is 11.8. The van der Waals surface area contributed by atoms with Crippen molar-refractivity contribution in [3.8, 4) is 0 Å². The van der Waals surface area contributed by atoms with Crippen molar-refractivity contribution in [1.29, 1.82) is 0 Å². The summed E-state index contributed by atoms with van der Waals surface area (Å²) in [5, 5.41) is 0. The van der Waals surface area contributed by atoms with Crippen molar-refractivity contribution in [2.45, 2.75) is 39.0 Å². The van der Waals surface area contributed by atoms with Crippen LogP contribution in [0.4, 0.5) is 0 Å². The average Bonchev–Trinajstić information content (AvgIpc) is 2.44. The van der Waals surface area contributed by atoms with E-state index in [1.165, 1.54) is 5.56 Å². The first kappa shape index (κ1) is 16.1. The number of carbonyl (C=O) groups is 1. The molecule has 0 aliphatic rings. The molecule has 0 spiro atoms. The summed E-state index contributed by atoms with van der Waals surface area (Å²) in [5.74, 6) is 1.34. The van der Waals surface area contributed by atoms with Crippen molar-refractivity contribution >= 4 is 18.6 Å². The van der Waals surface area contributed by atoms with Gasteiger partial charge >= 0.3 is 5.97 Å². The zero-order valence-corrected chi connectivity index (χ0v) is 12.7. The summed E-state index contributed by atoms with van der Waals surface area (Å²) in [7, 11) is 0. The van der Waals surface area contributed by atoms with Gasteiger partial charge in [-0.1, -0.05) is 50.6 Å². The summed E-state index contributed by atoms with van der Waals surface area (Å²) < 4.78 is 5.28. The highest BCUT2D eigenvalue weighted by atomic mass is 32.1. The Bertz CT molecular complexity index is 364. The van der Waals surface area contributed by atoms with Crippen LogP contribution in [0.3, 0.4) is 0 Å². The topological polar surface area (TPSA) is 26.3 Å². The number of esters is 1. The zero-order chi connectivity index (χ0) is 14.1. The molecule has 1 aromatic rings. The molecule has 0 aromatic heterocycles. The molecule has 0 fully saturated rings. The second-order valence-electron chi connectivity index (χ2n) is 4.98. The van der Waals surface area contributed by atoms with E-state index in [2.05, 4.69) is 50.7 Å². The van der Waals surface area contributed by atoms with E-state index in [0.717, 1.165) is 12.8 Å². The monoisotopic (exact) mass is 280 g/mol. The van der Waals surface area contributed by atoms with Gasteiger partial charge in [0.25, 0.3) is 0 Å². The molecule has 106 valence electrons. The van der Waals surface area contributed by atoms with Gasteiger partial charge in [0.2, 0.25) is 0 Å². The van der Waals surface area contributed by atoms with Gasteiger partial charge in [-0.2, -0.15) is 12.6 Å². The van der Waals surface area contributed by atoms with Crippen LogP contribution in [0.5, 0.6) is 0 Å². The minimum atomic E-state index is -0.138. The summed E-state index contributed by atoms with van der Waals surface area (Å²) in [6.07, 6.45) is 2.48. The van der Waals surface area contributed by atoms with E-state index in [0.29, 0.717) is 30.6 Å². The fourth-order valence-electron chi connectivity index (χ4n) is 2.14. The lowest BCUT2D eigenvalue weighted by Gasteiger charge is -2.20. The maximum Gasteiger partial charge on any atom is 0.306 e. The first-order valence-electron chi connectivity index (χ1n) is 6.98. The summed E-state index contributed by atoms with van der Waals surface area (Å²) in [4.78, 5) is 11.3. The predicted molar refractivity (Wildman–Crippen MR) is 82.7 cm³/mol. The largest absolute Gasteiger partial charge is 0.465 e. The molecular formula is C16H24O2S. The summed E-state index contributed by atoms with van der Waals surface area (Å²) in [6.45, 7) is 4.91. The Morgan fingerprint density at radius 2 is 2.00 bits per heavy atom. The van der Waals surface area contributed by atoms with Gasteiger partial charge in [-0.15, -0.1) is 0 Å². The highest BCUT2D eigenvalue weighted by molar-refractivity contribution is 7.80. The maximum absolute atomic E-state index is 11.3. The van der Waals surface area contributed by atoms with Crippen LogP contribution in [0.25, 0.3) is 0 Å². The number of ether oxygens (including phenoxy) is 1. The highest BCUT2D eigenvalue weighted by Gasteiger charge is 2.15. The van der Waals surface area contributed by atoms with Gasteiger partial charge in [0, 0.05) is 5.75 Å². The van der Waals surface area contributed by atoms with Crippen LogP contribution in [0.15, 0.2) is 30.3 Å². The normalized spacial score (nSPS) is 13.8. The Labute approximate surface area is 122 Å². The molecule has 0 amide bonds. The second kappa shape index (κ2) is 9.03. The van der Waals surface area contributed by atoms with Crippen molar-refractivity contribution in [1.82, 2.24) is 0 Å². The van der Waals surface area contributed by atoms with Gasteiger partial charge in [0.15, 0.2) is 0 Å². The van der Waals surface area contributed by atoms with Crippen molar-refractivity contribution in [3.05, 3.63) is 35.9 Å². The van der Waals surface area contributed by atoms with Gasteiger partial charge in [0.1, 0.15) is 0 Å². The Morgan fingerprint density at radius 3 is 2.58 bits per heavy atom. The number of thiol groups is 1. The lowest BCUT2D eigenvalue weighted by Crippen LogP contribution is -2.16. The van der Waals surface area contributed by atoms with Gasteiger partial charge in [-0.25, -0.2) is 0 Å². The van der Waals surface area contributed by atoms with E-state index in [-0.39, 0.29) is 5.97 Å². The fraction of sp³-hybridized carbons (Fsp3) is 0.562. The minimum absolute atomic E-state index is 0.138. The van der Waals surface area contributed by atoms with Crippen LogP contribution in [-0.4, -0.2) is 18.3 Å². The van der Waals surface area contributed by atoms with E-state index in [1.54, 1.807) is 0 Å². The molecule has 0 radical (unpaired) electrons. The third-order valence-electron chi connectivity index (χ3n) is 3.43. The third-order valence-corrected chi connectivity index (χ3v) is 3.65. The quantitative estimate of drug-likeness (QED) is 0.574. The van der Waals surface area contributed by atoms with E-state index in [9.17, 15) is 4.79 Å². The molecule has 0 N–H and O–H groups in total. The molecule has 19 heavy (non-hydrogen) atoms. The van der Waals surface area contributed by atoms with Crippen LogP contribution in [0.2, 0.25) is 0 Å². The van der Waals surface area contributed by atoms with Crippen LogP contribution in [0, 0.1) is 5.92 Å². The Hall–Kier alpha value is -0.960. The van der Waals surface area contributed by atoms with Crippen molar-refractivity contribution in [2.75, 3.05) is 12.4 Å². The SMILES string of the molecule is CCC(COC(=O)CCS)CC(C)c1ccccc1. The molecule has 1 aromatic carbocycles. The molecule has 1 rings (SSSR count). The third kappa shape index (κ3) is 6.15. The molecular weight excluding hydrogens is 256 g/mol. The van der Waals surface area contributed by atoms with E-state index < -0.39 is 0 Å². The molecule has 2 atom stereocenters. The smallest absolute Gasteiger partial charge is 0.306 e. The number of carbonyl (C=O) groups excluding carboxylic acids is 1. The van der Waals surface area contributed by atoms with Crippen molar-refractivity contribution in [2.24, 2.45) is 5.92 Å². The van der Waals surface area contributed by atoms with E-state index >= 15 is 0 Å². The summed E-state index contributed by atoms with van der Waals surface area (Å²) >= 11 is 4.03. The van der Waals surface area contributed by atoms with E-state index in [4.69, 9.17) is 4.74 Å². The molecule has 2 nitrogen and oxygen atoms in total. The Balaban J connectivity index is 2.41. The molecule has 0 heterocycles. The average molecular weight is 280 g/mol. The number of hydrogen-bond acceptors (Lipinski definition) is 3. The van der Waals surface area contributed by atoms with Gasteiger partial charge < -0.3 is 4.74 Å². The Morgan fingerprint density at radius 1 is 1.32 bits per heavy atom. The second-order valence-corrected chi connectivity index (χ2v) is 5.43. The highest BCUT2D eigenvalue weighted by Crippen LogP contribution is 2.25. The van der Waals surface area contributed by atoms with Crippen LogP contribution < -0.4 is 0 Å². The molecule has 0 bridgehead atoms. The summed E-state index contributed by atoms with van der Waals surface area (Å²) in [6, 6.07) is 10.5. The lowest BCUT2D eigenvalue weighted by molar-refractivity contribution is -0.144. The number of benzene rings is 1. The standard InChI is InChI=1S/C16H24O2S/c1-3-14(12-18-16(17)9-10-19)11-13(2)15-7-5-4-6-8-15/h4-8,13-14,19H,3,9-12H2,1-2H3. The Kier molecular flexibility index (Phi) is 7.65. The number of hydrogen-bond donors (Lipinski definition) is 1. The summed E-state index contributed by atoms with van der Waals surface area (Å²) in [5.41, 5.74) is 1.35. The fourth-order valence-corrected chi connectivity index (χ4v) is 2.33. The van der Waals surface area contributed by atoms with Crippen LogP contribution in [-0.2, 0) is 9.53 Å². The van der Waals surface area contributed by atoms with Crippen LogP contribution >= 0.6 is 12.6 Å². The first-order valence-corrected chi connectivity index (χ1v) is 7.62. The van der Waals surface area contributed by atoms with Gasteiger partial charge in [0.05, 0.1) is 13.0 Å². The molecule has 0 saturated carbocycles. The van der Waals surface area contributed by atoms with Crippen LogP contribution in [0.1, 0.15) is 44.6 Å². The van der Waals surface area contributed by atoms with Gasteiger partial charge in [-0.3, -0.25) is 4.79 Å². The maximum atomic E-state index is 11.3. The molecule has 0 aliphatic carbocycles. The minimum Gasteiger partial charge on any atom is -0.465 e. The number of rotatable bonds is 8. The molecule has 3 heteroatoms. The molecule has 2 unspecified atom stereocenters. The van der Waals surface area contributed by atoms with Crippen molar-refractivity contribution in [3.63, 3.8) is 0 Å². The molecule has 0 saturated heterocycles. The molecule has 0 aliphatic heterocycles. The van der Waals surface area contributed by atoms with Crippen molar-refractivity contribution < 1.29 is 9.53 Å². The first-order chi connectivity index (χ1) is 9.17. The lowest BCUT2D eigenvalue weighted by atomic mass is 9.89. The van der Waals surface area contributed by atoms with E-state index in [1.807, 2.05) is 6.07 Å².